The van der Waals surface area contributed by atoms with Crippen molar-refractivity contribution < 1.29 is 4.79 Å². The van der Waals surface area contributed by atoms with Gasteiger partial charge in [0.25, 0.3) is 0 Å². The van der Waals surface area contributed by atoms with Crippen molar-refractivity contribution in [3.63, 3.8) is 0 Å². The molecule has 0 aromatic carbocycles. The van der Waals surface area contributed by atoms with Crippen LogP contribution in [0.2, 0.25) is 0 Å². The standard InChI is InChI=1S/C14H21N3O/c1-11-6-8-17(9-7-11)14(18)15-10-13-5-3-4-12(2)16-13/h3-5,11H,6-10H2,1-2H3,(H,15,18). The predicted molar refractivity (Wildman–Crippen MR) is 71.2 cm³/mol. The summed E-state index contributed by atoms with van der Waals surface area (Å²) in [6.07, 6.45) is 2.21. The lowest BCUT2D eigenvalue weighted by molar-refractivity contribution is 0.173. The highest BCUT2D eigenvalue weighted by molar-refractivity contribution is 5.74. The van der Waals surface area contributed by atoms with Crippen molar-refractivity contribution in [2.75, 3.05) is 13.1 Å². The fourth-order valence-electron chi connectivity index (χ4n) is 2.19. The number of urea groups is 1. The molecule has 1 saturated heterocycles. The van der Waals surface area contributed by atoms with Crippen LogP contribution in [0.5, 0.6) is 0 Å². The molecule has 98 valence electrons. The molecule has 0 bridgehead atoms. The summed E-state index contributed by atoms with van der Waals surface area (Å²) in [5.74, 6) is 0.743. The first-order valence-corrected chi connectivity index (χ1v) is 6.60. The van der Waals surface area contributed by atoms with E-state index in [0.717, 1.165) is 43.2 Å². The van der Waals surface area contributed by atoms with E-state index >= 15 is 0 Å². The van der Waals surface area contributed by atoms with E-state index in [0.29, 0.717) is 6.54 Å². The molecule has 0 saturated carbocycles. The van der Waals surface area contributed by atoms with Crippen molar-refractivity contribution in [2.45, 2.75) is 33.2 Å². The van der Waals surface area contributed by atoms with Gasteiger partial charge in [-0.1, -0.05) is 13.0 Å². The second-order valence-electron chi connectivity index (χ2n) is 5.10. The van der Waals surface area contributed by atoms with Crippen molar-refractivity contribution in [1.29, 1.82) is 0 Å². The van der Waals surface area contributed by atoms with Crippen molar-refractivity contribution in [1.82, 2.24) is 15.2 Å². The van der Waals surface area contributed by atoms with Crippen LogP contribution in [-0.2, 0) is 6.54 Å². The van der Waals surface area contributed by atoms with Crippen LogP contribution in [0, 0.1) is 12.8 Å². The van der Waals surface area contributed by atoms with Crippen molar-refractivity contribution in [3.05, 3.63) is 29.6 Å². The summed E-state index contributed by atoms with van der Waals surface area (Å²) >= 11 is 0. The number of hydrogen-bond donors (Lipinski definition) is 1. The van der Waals surface area contributed by atoms with Crippen molar-refractivity contribution in [3.8, 4) is 0 Å². The summed E-state index contributed by atoms with van der Waals surface area (Å²) in [6, 6.07) is 5.89. The molecule has 4 nitrogen and oxygen atoms in total. The molecule has 1 fully saturated rings. The Morgan fingerprint density at radius 2 is 2.17 bits per heavy atom. The molecule has 0 atom stereocenters. The third-order valence-electron chi connectivity index (χ3n) is 3.44. The highest BCUT2D eigenvalue weighted by atomic mass is 16.2. The van der Waals surface area contributed by atoms with Crippen LogP contribution in [0.15, 0.2) is 18.2 Å². The Balaban J connectivity index is 1.81. The summed E-state index contributed by atoms with van der Waals surface area (Å²) in [5.41, 5.74) is 1.89. The molecule has 2 heterocycles. The predicted octanol–water partition coefficient (Wildman–Crippen LogP) is 2.33. The highest BCUT2D eigenvalue weighted by Gasteiger charge is 2.19. The lowest BCUT2D eigenvalue weighted by atomic mass is 10.00. The number of piperidine rings is 1. The maximum Gasteiger partial charge on any atom is 0.317 e. The van der Waals surface area contributed by atoms with Crippen LogP contribution >= 0.6 is 0 Å². The molecule has 4 heteroatoms. The number of aromatic nitrogens is 1. The number of amides is 2. The fourth-order valence-corrected chi connectivity index (χ4v) is 2.19. The zero-order valence-electron chi connectivity index (χ0n) is 11.1. The topological polar surface area (TPSA) is 45.2 Å². The molecular weight excluding hydrogens is 226 g/mol. The normalized spacial score (nSPS) is 16.7. The largest absolute Gasteiger partial charge is 0.332 e. The Morgan fingerprint density at radius 3 is 2.83 bits per heavy atom. The molecule has 18 heavy (non-hydrogen) atoms. The van der Waals surface area contributed by atoms with E-state index in [9.17, 15) is 4.79 Å². The molecule has 1 aromatic heterocycles. The first-order chi connectivity index (χ1) is 8.65. The van der Waals surface area contributed by atoms with Crippen LogP contribution in [0.1, 0.15) is 31.2 Å². The van der Waals surface area contributed by atoms with Crippen LogP contribution < -0.4 is 5.32 Å². The number of likely N-dealkylation sites (tertiary alicyclic amines) is 1. The van der Waals surface area contributed by atoms with E-state index in [-0.39, 0.29) is 6.03 Å². The van der Waals surface area contributed by atoms with Gasteiger partial charge in [-0.2, -0.15) is 0 Å². The number of nitrogens with one attached hydrogen (secondary N) is 1. The number of rotatable bonds is 2. The monoisotopic (exact) mass is 247 g/mol. The first kappa shape index (κ1) is 12.9. The maximum absolute atomic E-state index is 12.0. The van der Waals surface area contributed by atoms with Gasteiger partial charge in [-0.3, -0.25) is 4.98 Å². The number of pyridine rings is 1. The number of aryl methyl sites for hydroxylation is 1. The lowest BCUT2D eigenvalue weighted by Crippen LogP contribution is -2.43. The number of hydrogen-bond acceptors (Lipinski definition) is 2. The molecule has 1 N–H and O–H groups in total. The fraction of sp³-hybridized carbons (Fsp3) is 0.571. The maximum atomic E-state index is 12.0. The third kappa shape index (κ3) is 3.45. The molecule has 0 aliphatic carbocycles. The van der Waals surface area contributed by atoms with E-state index < -0.39 is 0 Å². The highest BCUT2D eigenvalue weighted by Crippen LogP contribution is 2.15. The lowest BCUT2D eigenvalue weighted by Gasteiger charge is -2.30. The molecule has 2 rings (SSSR count). The summed E-state index contributed by atoms with van der Waals surface area (Å²) < 4.78 is 0. The van der Waals surface area contributed by atoms with E-state index in [4.69, 9.17) is 0 Å². The summed E-state index contributed by atoms with van der Waals surface area (Å²) in [4.78, 5) is 18.2. The van der Waals surface area contributed by atoms with Crippen LogP contribution in [0.25, 0.3) is 0 Å². The second kappa shape index (κ2) is 5.85. The van der Waals surface area contributed by atoms with Crippen LogP contribution in [0.3, 0.4) is 0 Å². The zero-order valence-corrected chi connectivity index (χ0v) is 11.1. The third-order valence-corrected chi connectivity index (χ3v) is 3.44. The van der Waals surface area contributed by atoms with Gasteiger partial charge >= 0.3 is 6.03 Å². The summed E-state index contributed by atoms with van der Waals surface area (Å²) in [7, 11) is 0. The Kier molecular flexibility index (Phi) is 4.18. The van der Waals surface area contributed by atoms with Crippen molar-refractivity contribution in [2.24, 2.45) is 5.92 Å². The van der Waals surface area contributed by atoms with E-state index in [1.165, 1.54) is 0 Å². The zero-order chi connectivity index (χ0) is 13.0. The molecule has 0 spiro atoms. The molecule has 1 aliphatic heterocycles. The van der Waals surface area contributed by atoms with E-state index in [2.05, 4.69) is 17.2 Å². The Morgan fingerprint density at radius 1 is 1.44 bits per heavy atom. The average molecular weight is 247 g/mol. The van der Waals surface area contributed by atoms with Gasteiger partial charge < -0.3 is 10.2 Å². The number of carbonyl (C=O) groups is 1. The van der Waals surface area contributed by atoms with Gasteiger partial charge in [0.2, 0.25) is 0 Å². The molecular formula is C14H21N3O. The van der Waals surface area contributed by atoms with Crippen molar-refractivity contribution >= 4 is 6.03 Å². The van der Waals surface area contributed by atoms with Gasteiger partial charge in [0, 0.05) is 18.8 Å². The SMILES string of the molecule is Cc1cccc(CNC(=O)N2CCC(C)CC2)n1. The second-order valence-corrected chi connectivity index (χ2v) is 5.10. The molecule has 2 amide bonds. The number of nitrogens with zero attached hydrogens (tertiary/aromatic N) is 2. The van der Waals surface area contributed by atoms with E-state index in [1.807, 2.05) is 30.0 Å². The van der Waals surface area contributed by atoms with Gasteiger partial charge in [0.05, 0.1) is 12.2 Å². The van der Waals surface area contributed by atoms with Gasteiger partial charge in [0.1, 0.15) is 0 Å². The van der Waals surface area contributed by atoms with Crippen LogP contribution in [0.4, 0.5) is 4.79 Å². The van der Waals surface area contributed by atoms with Gasteiger partial charge in [-0.15, -0.1) is 0 Å². The smallest absolute Gasteiger partial charge is 0.317 e. The van der Waals surface area contributed by atoms with Gasteiger partial charge in [0.15, 0.2) is 0 Å². The van der Waals surface area contributed by atoms with Gasteiger partial charge in [-0.25, -0.2) is 4.79 Å². The van der Waals surface area contributed by atoms with Gasteiger partial charge in [-0.05, 0) is 37.8 Å². The van der Waals surface area contributed by atoms with Crippen LogP contribution in [-0.4, -0.2) is 29.0 Å². The minimum atomic E-state index is 0.0326. The first-order valence-electron chi connectivity index (χ1n) is 6.60. The molecule has 1 aromatic rings. The minimum absolute atomic E-state index is 0.0326. The quantitative estimate of drug-likeness (QED) is 0.871. The average Bonchev–Trinajstić information content (AvgIpc) is 2.37. The Hall–Kier alpha value is -1.58. The Bertz CT molecular complexity index is 411. The molecule has 1 aliphatic rings. The number of carbonyl (C=O) groups excluding carboxylic acids is 1. The summed E-state index contributed by atoms with van der Waals surface area (Å²) in [5, 5.41) is 2.94. The van der Waals surface area contributed by atoms with E-state index in [1.54, 1.807) is 0 Å². The molecule has 0 unspecified atom stereocenters. The molecule has 0 radical (unpaired) electrons. The summed E-state index contributed by atoms with van der Waals surface area (Å²) in [6.45, 7) is 6.44. The Labute approximate surface area is 108 Å². The minimum Gasteiger partial charge on any atom is -0.332 e.